The van der Waals surface area contributed by atoms with Gasteiger partial charge in [0, 0.05) is 24.2 Å². The van der Waals surface area contributed by atoms with E-state index in [2.05, 4.69) is 20.0 Å². The van der Waals surface area contributed by atoms with Gasteiger partial charge >= 0.3 is 0 Å². The third-order valence-electron chi connectivity index (χ3n) is 2.86. The Hall–Kier alpha value is -3.42. The molecule has 0 atom stereocenters. The number of rotatable bonds is 2. The van der Waals surface area contributed by atoms with Gasteiger partial charge in [-0.25, -0.2) is 15.0 Å². The molecule has 8 nitrogen and oxygen atoms in total. The molecule has 6 N–H and O–H groups in total. The minimum atomic E-state index is -0.135. The second-order valence-electron chi connectivity index (χ2n) is 4.51. The molecule has 22 heavy (non-hydrogen) atoms. The van der Waals surface area contributed by atoms with Crippen molar-refractivity contribution in [3.63, 3.8) is 0 Å². The van der Waals surface area contributed by atoms with Crippen LogP contribution in [0.2, 0.25) is 0 Å². The molecule has 0 aliphatic rings. The fourth-order valence-electron chi connectivity index (χ4n) is 1.99. The maximum absolute atomic E-state index is 5.63. The Morgan fingerprint density at radius 3 is 2.77 bits per heavy atom. The molecule has 0 aliphatic carbocycles. The van der Waals surface area contributed by atoms with Crippen LogP contribution in [0.25, 0.3) is 17.0 Å². The molecule has 8 heteroatoms. The van der Waals surface area contributed by atoms with E-state index in [1.165, 1.54) is 0 Å². The fraction of sp³-hybridized carbons (Fsp3) is 0. The number of fused-ring (bicyclic) bond motifs is 1. The molecule has 0 saturated heterocycles. The van der Waals surface area contributed by atoms with Crippen LogP contribution in [0.1, 0.15) is 0 Å². The van der Waals surface area contributed by atoms with Gasteiger partial charge in [0.15, 0.2) is 5.96 Å². The molecule has 3 aromatic rings. The smallest absolute Gasteiger partial charge is 0.234 e. The SMILES string of the molecule is NC(N)=NC(N)=Nc1cccc(-c2cn3cccnc3n2)c1. The van der Waals surface area contributed by atoms with Crippen molar-refractivity contribution in [2.75, 3.05) is 0 Å². The van der Waals surface area contributed by atoms with Crippen molar-refractivity contribution < 1.29 is 0 Å². The average Bonchev–Trinajstić information content (AvgIpc) is 2.90. The number of aliphatic imine (C=N–C) groups is 2. The van der Waals surface area contributed by atoms with E-state index in [1.807, 2.05) is 41.1 Å². The Morgan fingerprint density at radius 2 is 2.00 bits per heavy atom. The Balaban J connectivity index is 1.99. The zero-order valence-corrected chi connectivity index (χ0v) is 11.6. The molecule has 3 rings (SSSR count). The van der Waals surface area contributed by atoms with Gasteiger partial charge in [0.2, 0.25) is 11.7 Å². The second kappa shape index (κ2) is 5.52. The first-order chi connectivity index (χ1) is 10.6. The predicted molar refractivity (Wildman–Crippen MR) is 85.5 cm³/mol. The Bertz CT molecular complexity index is 840. The van der Waals surface area contributed by atoms with E-state index in [0.717, 1.165) is 11.3 Å². The molecule has 110 valence electrons. The molecule has 0 fully saturated rings. The number of aromatic nitrogens is 3. The van der Waals surface area contributed by atoms with Gasteiger partial charge in [-0.3, -0.25) is 4.40 Å². The Labute approximate surface area is 126 Å². The zero-order valence-electron chi connectivity index (χ0n) is 11.6. The molecule has 0 unspecified atom stereocenters. The first kappa shape index (κ1) is 13.6. The van der Waals surface area contributed by atoms with Crippen LogP contribution in [0, 0.1) is 0 Å². The first-order valence-electron chi connectivity index (χ1n) is 6.46. The standard InChI is InChI=1S/C14H14N8/c15-12(16)21-13(17)19-10-4-1-3-9(7-10)11-8-22-6-2-5-18-14(22)20-11/h1-8H,(H6,15,16,17,19,21). The number of nitrogens with zero attached hydrogens (tertiary/aromatic N) is 5. The van der Waals surface area contributed by atoms with Crippen molar-refractivity contribution in [3.8, 4) is 11.3 Å². The quantitative estimate of drug-likeness (QED) is 0.470. The van der Waals surface area contributed by atoms with Crippen LogP contribution in [0.5, 0.6) is 0 Å². The summed E-state index contributed by atoms with van der Waals surface area (Å²) in [5, 5.41) is 0. The van der Waals surface area contributed by atoms with Crippen molar-refractivity contribution in [2.45, 2.75) is 0 Å². The maximum atomic E-state index is 5.63. The molecule has 0 radical (unpaired) electrons. The molecule has 0 bridgehead atoms. The lowest BCUT2D eigenvalue weighted by Gasteiger charge is -1.99. The minimum absolute atomic E-state index is 0.00572. The summed E-state index contributed by atoms with van der Waals surface area (Å²) < 4.78 is 1.85. The van der Waals surface area contributed by atoms with Crippen LogP contribution in [0.4, 0.5) is 5.69 Å². The predicted octanol–water partition coefficient (Wildman–Crippen LogP) is 0.616. The molecule has 2 aromatic heterocycles. The summed E-state index contributed by atoms with van der Waals surface area (Å²) in [6, 6.07) is 9.27. The van der Waals surface area contributed by atoms with E-state index in [0.29, 0.717) is 11.5 Å². The zero-order chi connectivity index (χ0) is 15.5. The highest BCUT2D eigenvalue weighted by Crippen LogP contribution is 2.23. The number of imidazole rings is 1. The van der Waals surface area contributed by atoms with Crippen LogP contribution < -0.4 is 17.2 Å². The van der Waals surface area contributed by atoms with Gasteiger partial charge in [0.1, 0.15) is 0 Å². The average molecular weight is 294 g/mol. The molecule has 1 aromatic carbocycles. The monoisotopic (exact) mass is 294 g/mol. The number of benzene rings is 1. The van der Waals surface area contributed by atoms with Gasteiger partial charge in [-0.15, -0.1) is 0 Å². The molecule has 0 aliphatic heterocycles. The first-order valence-corrected chi connectivity index (χ1v) is 6.46. The van der Waals surface area contributed by atoms with Gasteiger partial charge in [0.05, 0.1) is 11.4 Å². The lowest BCUT2D eigenvalue weighted by Crippen LogP contribution is -2.26. The van der Waals surface area contributed by atoms with Gasteiger partial charge in [-0.1, -0.05) is 12.1 Å². The normalized spacial score (nSPS) is 11.5. The molecular weight excluding hydrogens is 280 g/mol. The lowest BCUT2D eigenvalue weighted by atomic mass is 10.1. The summed E-state index contributed by atoms with van der Waals surface area (Å²) in [7, 11) is 0. The van der Waals surface area contributed by atoms with Gasteiger partial charge in [0.25, 0.3) is 0 Å². The number of guanidine groups is 2. The van der Waals surface area contributed by atoms with Crippen molar-refractivity contribution >= 4 is 23.4 Å². The highest BCUT2D eigenvalue weighted by molar-refractivity contribution is 5.93. The van der Waals surface area contributed by atoms with E-state index in [1.54, 1.807) is 12.3 Å². The highest BCUT2D eigenvalue weighted by Gasteiger charge is 2.05. The molecule has 0 saturated carbocycles. The Kier molecular flexibility index (Phi) is 3.40. The third-order valence-corrected chi connectivity index (χ3v) is 2.86. The topological polar surface area (TPSA) is 133 Å². The van der Waals surface area contributed by atoms with E-state index >= 15 is 0 Å². The third kappa shape index (κ3) is 2.85. The summed E-state index contributed by atoms with van der Waals surface area (Å²) in [5.74, 6) is 0.490. The van der Waals surface area contributed by atoms with Crippen LogP contribution in [0.3, 0.4) is 0 Å². The van der Waals surface area contributed by atoms with Crippen LogP contribution in [0.15, 0.2) is 58.9 Å². The van der Waals surface area contributed by atoms with Gasteiger partial charge in [-0.05, 0) is 18.2 Å². The van der Waals surface area contributed by atoms with E-state index < -0.39 is 0 Å². The minimum Gasteiger partial charge on any atom is -0.370 e. The van der Waals surface area contributed by atoms with Crippen LogP contribution >= 0.6 is 0 Å². The van der Waals surface area contributed by atoms with Crippen molar-refractivity contribution in [1.82, 2.24) is 14.4 Å². The summed E-state index contributed by atoms with van der Waals surface area (Å²) in [5.41, 5.74) is 18.5. The van der Waals surface area contributed by atoms with Crippen molar-refractivity contribution in [2.24, 2.45) is 27.2 Å². The maximum Gasteiger partial charge on any atom is 0.234 e. The summed E-state index contributed by atoms with van der Waals surface area (Å²) in [6.45, 7) is 0. The largest absolute Gasteiger partial charge is 0.370 e. The van der Waals surface area contributed by atoms with Crippen LogP contribution in [-0.4, -0.2) is 26.3 Å². The number of hydrogen-bond acceptors (Lipinski definition) is 3. The number of nitrogens with two attached hydrogens (primary N) is 3. The van der Waals surface area contributed by atoms with E-state index in [4.69, 9.17) is 17.2 Å². The number of hydrogen-bond donors (Lipinski definition) is 3. The molecule has 2 heterocycles. The molecule has 0 amide bonds. The van der Waals surface area contributed by atoms with Crippen molar-refractivity contribution in [1.29, 1.82) is 0 Å². The van der Waals surface area contributed by atoms with Crippen LogP contribution in [-0.2, 0) is 0 Å². The summed E-state index contributed by atoms with van der Waals surface area (Å²) >= 11 is 0. The molecule has 0 spiro atoms. The van der Waals surface area contributed by atoms with E-state index in [-0.39, 0.29) is 11.9 Å². The second-order valence-corrected chi connectivity index (χ2v) is 4.51. The summed E-state index contributed by atoms with van der Waals surface area (Å²) in [4.78, 5) is 16.5. The van der Waals surface area contributed by atoms with Gasteiger partial charge in [-0.2, -0.15) is 4.99 Å². The fourth-order valence-corrected chi connectivity index (χ4v) is 1.99. The highest BCUT2D eigenvalue weighted by atomic mass is 15.1. The molecular formula is C14H14N8. The summed E-state index contributed by atoms with van der Waals surface area (Å²) in [6.07, 6.45) is 5.48. The Morgan fingerprint density at radius 1 is 1.14 bits per heavy atom. The van der Waals surface area contributed by atoms with Crippen molar-refractivity contribution in [3.05, 3.63) is 48.9 Å². The van der Waals surface area contributed by atoms with Gasteiger partial charge < -0.3 is 17.2 Å². The van der Waals surface area contributed by atoms with E-state index in [9.17, 15) is 0 Å². The lowest BCUT2D eigenvalue weighted by molar-refractivity contribution is 1.11.